The lowest BCUT2D eigenvalue weighted by molar-refractivity contribution is -0.137. The van der Waals surface area contributed by atoms with Gasteiger partial charge in [0.05, 0.1) is 24.4 Å². The molecule has 0 bridgehead atoms. The van der Waals surface area contributed by atoms with E-state index in [1.165, 1.54) is 12.1 Å². The van der Waals surface area contributed by atoms with Gasteiger partial charge in [-0.25, -0.2) is 0 Å². The Morgan fingerprint density at radius 2 is 1.85 bits per heavy atom. The number of nitrogens with zero attached hydrogens (tertiary/aromatic N) is 1. The van der Waals surface area contributed by atoms with Gasteiger partial charge in [0, 0.05) is 25.1 Å². The standard InChI is InChI=1S/C20H28F3NO2/c1-18(2)15-19(7-11-26-18,6-8-24-9-12-25-13-10-24)16-4-3-5-17(14-16)20(21,22)23/h3-5,14H,6-13,15H2,1-2H3. The Bertz CT molecular complexity index is 611. The fourth-order valence-corrected chi connectivity index (χ4v) is 4.30. The summed E-state index contributed by atoms with van der Waals surface area (Å²) in [5.74, 6) is 0. The molecule has 0 aromatic heterocycles. The lowest BCUT2D eigenvalue weighted by Crippen LogP contribution is -2.47. The summed E-state index contributed by atoms with van der Waals surface area (Å²) >= 11 is 0. The summed E-state index contributed by atoms with van der Waals surface area (Å²) in [5.41, 5.74) is -0.402. The van der Waals surface area contributed by atoms with Gasteiger partial charge in [-0.2, -0.15) is 13.2 Å². The first-order chi connectivity index (χ1) is 12.2. The smallest absolute Gasteiger partial charge is 0.379 e. The monoisotopic (exact) mass is 371 g/mol. The molecule has 2 aliphatic rings. The van der Waals surface area contributed by atoms with Crippen LogP contribution in [-0.2, 0) is 21.1 Å². The minimum atomic E-state index is -4.32. The minimum Gasteiger partial charge on any atom is -0.379 e. The highest BCUT2D eigenvalue weighted by molar-refractivity contribution is 5.33. The van der Waals surface area contributed by atoms with Crippen molar-refractivity contribution in [3.8, 4) is 0 Å². The van der Waals surface area contributed by atoms with Gasteiger partial charge in [-0.1, -0.05) is 18.2 Å². The third-order valence-corrected chi connectivity index (χ3v) is 5.65. The predicted molar refractivity (Wildman–Crippen MR) is 94.3 cm³/mol. The highest BCUT2D eigenvalue weighted by atomic mass is 19.4. The number of hydrogen-bond acceptors (Lipinski definition) is 3. The molecule has 0 radical (unpaired) electrons. The Balaban J connectivity index is 1.87. The second-order valence-electron chi connectivity index (χ2n) is 8.10. The van der Waals surface area contributed by atoms with Crippen LogP contribution in [0.4, 0.5) is 13.2 Å². The van der Waals surface area contributed by atoms with Gasteiger partial charge in [-0.05, 0) is 51.3 Å². The summed E-state index contributed by atoms with van der Waals surface area (Å²) < 4.78 is 51.0. The first-order valence-electron chi connectivity index (χ1n) is 9.32. The molecule has 1 aromatic rings. The maximum Gasteiger partial charge on any atom is 0.416 e. The number of benzene rings is 1. The van der Waals surface area contributed by atoms with Crippen LogP contribution in [0.2, 0.25) is 0 Å². The Morgan fingerprint density at radius 3 is 2.50 bits per heavy atom. The third kappa shape index (κ3) is 4.59. The van der Waals surface area contributed by atoms with Crippen LogP contribution < -0.4 is 0 Å². The molecule has 2 saturated heterocycles. The van der Waals surface area contributed by atoms with Crippen LogP contribution in [0.25, 0.3) is 0 Å². The molecule has 0 saturated carbocycles. The Kier molecular flexibility index (Phi) is 5.66. The van der Waals surface area contributed by atoms with Gasteiger partial charge in [0.1, 0.15) is 0 Å². The van der Waals surface area contributed by atoms with Crippen molar-refractivity contribution in [2.75, 3.05) is 39.5 Å². The number of halogens is 3. The van der Waals surface area contributed by atoms with Crippen LogP contribution in [0.3, 0.4) is 0 Å². The molecule has 26 heavy (non-hydrogen) atoms. The largest absolute Gasteiger partial charge is 0.416 e. The molecular formula is C20H28F3NO2. The van der Waals surface area contributed by atoms with E-state index in [1.807, 2.05) is 19.9 Å². The third-order valence-electron chi connectivity index (χ3n) is 5.65. The normalized spacial score (nSPS) is 27.4. The zero-order valence-electron chi connectivity index (χ0n) is 15.6. The van der Waals surface area contributed by atoms with Gasteiger partial charge in [0.15, 0.2) is 0 Å². The highest BCUT2D eigenvalue weighted by Crippen LogP contribution is 2.45. The van der Waals surface area contributed by atoms with Gasteiger partial charge >= 0.3 is 6.18 Å². The SMILES string of the molecule is CC1(C)CC(CCN2CCOCC2)(c2cccc(C(F)(F)F)c2)CCO1. The van der Waals surface area contributed by atoms with Crippen LogP contribution in [0, 0.1) is 0 Å². The number of ether oxygens (including phenoxy) is 2. The lowest BCUT2D eigenvalue weighted by atomic mass is 9.67. The van der Waals surface area contributed by atoms with Crippen molar-refractivity contribution in [3.63, 3.8) is 0 Å². The summed E-state index contributed by atoms with van der Waals surface area (Å²) in [6, 6.07) is 5.90. The van der Waals surface area contributed by atoms with Gasteiger partial charge in [0.25, 0.3) is 0 Å². The maximum absolute atomic E-state index is 13.2. The Labute approximate surface area is 153 Å². The van der Waals surface area contributed by atoms with E-state index in [0.29, 0.717) is 6.61 Å². The molecule has 0 spiro atoms. The second-order valence-corrected chi connectivity index (χ2v) is 8.10. The molecule has 2 heterocycles. The molecule has 3 rings (SSSR count). The van der Waals surface area contributed by atoms with Crippen molar-refractivity contribution < 1.29 is 22.6 Å². The van der Waals surface area contributed by atoms with Crippen LogP contribution >= 0.6 is 0 Å². The van der Waals surface area contributed by atoms with E-state index in [-0.39, 0.29) is 11.0 Å². The van der Waals surface area contributed by atoms with Crippen LogP contribution in [0.5, 0.6) is 0 Å². The second kappa shape index (κ2) is 7.49. The number of rotatable bonds is 4. The summed E-state index contributed by atoms with van der Waals surface area (Å²) in [6.07, 6.45) is -2.00. The fraction of sp³-hybridized carbons (Fsp3) is 0.700. The van der Waals surface area contributed by atoms with Gasteiger partial charge in [-0.15, -0.1) is 0 Å². The number of morpholine rings is 1. The van der Waals surface area contributed by atoms with Crippen molar-refractivity contribution >= 4 is 0 Å². The van der Waals surface area contributed by atoms with Gasteiger partial charge < -0.3 is 9.47 Å². The lowest BCUT2D eigenvalue weighted by Gasteiger charge is -2.46. The maximum atomic E-state index is 13.2. The molecule has 146 valence electrons. The van der Waals surface area contributed by atoms with Gasteiger partial charge in [0.2, 0.25) is 0 Å². The molecular weight excluding hydrogens is 343 g/mol. The molecule has 0 N–H and O–H groups in total. The summed E-state index contributed by atoms with van der Waals surface area (Å²) in [4.78, 5) is 2.35. The van der Waals surface area contributed by atoms with E-state index >= 15 is 0 Å². The van der Waals surface area contributed by atoms with E-state index in [2.05, 4.69) is 4.90 Å². The van der Waals surface area contributed by atoms with Crippen molar-refractivity contribution in [2.24, 2.45) is 0 Å². The average molecular weight is 371 g/mol. The minimum absolute atomic E-state index is 0.290. The van der Waals surface area contributed by atoms with E-state index in [1.54, 1.807) is 0 Å². The molecule has 6 heteroatoms. The van der Waals surface area contributed by atoms with E-state index in [4.69, 9.17) is 9.47 Å². The Morgan fingerprint density at radius 1 is 1.12 bits per heavy atom. The molecule has 3 nitrogen and oxygen atoms in total. The summed E-state index contributed by atoms with van der Waals surface area (Å²) in [6.45, 7) is 8.74. The Hall–Kier alpha value is -1.11. The molecule has 2 fully saturated rings. The molecule has 1 aromatic carbocycles. The van der Waals surface area contributed by atoms with E-state index < -0.39 is 11.7 Å². The molecule has 1 unspecified atom stereocenters. The van der Waals surface area contributed by atoms with Gasteiger partial charge in [-0.3, -0.25) is 4.90 Å². The average Bonchev–Trinajstić information content (AvgIpc) is 2.59. The van der Waals surface area contributed by atoms with Crippen molar-refractivity contribution in [3.05, 3.63) is 35.4 Å². The molecule has 0 aliphatic carbocycles. The number of hydrogen-bond donors (Lipinski definition) is 0. The molecule has 0 amide bonds. The molecule has 1 atom stereocenters. The fourth-order valence-electron chi connectivity index (χ4n) is 4.30. The quantitative estimate of drug-likeness (QED) is 0.790. The van der Waals surface area contributed by atoms with Crippen LogP contribution in [0.1, 0.15) is 44.2 Å². The van der Waals surface area contributed by atoms with Crippen molar-refractivity contribution in [2.45, 2.75) is 50.3 Å². The van der Waals surface area contributed by atoms with Crippen LogP contribution in [-0.4, -0.2) is 50.0 Å². The van der Waals surface area contributed by atoms with E-state index in [9.17, 15) is 13.2 Å². The van der Waals surface area contributed by atoms with Crippen molar-refractivity contribution in [1.82, 2.24) is 4.90 Å². The highest BCUT2D eigenvalue weighted by Gasteiger charge is 2.43. The first-order valence-corrected chi connectivity index (χ1v) is 9.32. The predicted octanol–water partition coefficient (Wildman–Crippen LogP) is 4.25. The molecule has 2 aliphatic heterocycles. The summed E-state index contributed by atoms with van der Waals surface area (Å²) in [5, 5.41) is 0. The van der Waals surface area contributed by atoms with Crippen molar-refractivity contribution in [1.29, 1.82) is 0 Å². The topological polar surface area (TPSA) is 21.7 Å². The zero-order valence-corrected chi connectivity index (χ0v) is 15.6. The first kappa shape index (κ1) is 19.6. The van der Waals surface area contributed by atoms with E-state index in [0.717, 1.165) is 63.7 Å². The van der Waals surface area contributed by atoms with Crippen LogP contribution in [0.15, 0.2) is 24.3 Å². The number of alkyl halides is 3. The summed E-state index contributed by atoms with van der Waals surface area (Å²) in [7, 11) is 0. The zero-order chi connectivity index (χ0) is 18.8.